The van der Waals surface area contributed by atoms with Crippen molar-refractivity contribution in [2.75, 3.05) is 37.3 Å². The van der Waals surface area contributed by atoms with Gasteiger partial charge in [-0.2, -0.15) is 4.98 Å². The Morgan fingerprint density at radius 3 is 3.09 bits per heavy atom. The van der Waals surface area contributed by atoms with E-state index in [1.165, 1.54) is 10.4 Å². The lowest BCUT2D eigenvalue weighted by Gasteiger charge is -2.33. The normalized spacial score (nSPS) is 23.6. The molecule has 0 unspecified atom stereocenters. The fourth-order valence-electron chi connectivity index (χ4n) is 4.79. The van der Waals surface area contributed by atoms with Gasteiger partial charge in [0.25, 0.3) is 0 Å². The van der Waals surface area contributed by atoms with Crippen LogP contribution in [0.25, 0.3) is 11.5 Å². The van der Waals surface area contributed by atoms with Crippen LogP contribution in [0.2, 0.25) is 0 Å². The smallest absolute Gasteiger partial charge is 0.237 e. The molecule has 168 valence electrons. The number of piperazine rings is 1. The first kappa shape index (κ1) is 21.0. The molecule has 3 aromatic heterocycles. The molecule has 1 aliphatic carbocycles. The molecule has 2 aliphatic rings. The molecule has 1 fully saturated rings. The number of thiophene rings is 1. The third-order valence-electron chi connectivity index (χ3n) is 6.47. The van der Waals surface area contributed by atoms with Crippen molar-refractivity contribution in [3.05, 3.63) is 34.2 Å². The molecular formula is C22H28N8OS. The number of hydrogen-bond donors (Lipinski definition) is 2. The van der Waals surface area contributed by atoms with Crippen molar-refractivity contribution in [2.45, 2.75) is 44.6 Å². The summed E-state index contributed by atoms with van der Waals surface area (Å²) >= 11 is 1.64. The van der Waals surface area contributed by atoms with Gasteiger partial charge < -0.3 is 20.5 Å². The lowest BCUT2D eigenvalue weighted by molar-refractivity contribution is 0.300. The van der Waals surface area contributed by atoms with Gasteiger partial charge in [0.15, 0.2) is 0 Å². The van der Waals surface area contributed by atoms with Crippen LogP contribution >= 0.6 is 11.3 Å². The minimum atomic E-state index is -0.410. The molecule has 0 amide bonds. The van der Waals surface area contributed by atoms with Crippen molar-refractivity contribution < 1.29 is 4.52 Å². The van der Waals surface area contributed by atoms with E-state index in [-0.39, 0.29) is 0 Å². The zero-order valence-electron chi connectivity index (χ0n) is 18.6. The van der Waals surface area contributed by atoms with Crippen molar-refractivity contribution >= 4 is 28.5 Å². The average Bonchev–Trinajstić information content (AvgIpc) is 3.41. The fraction of sp³-hybridized carbons (Fsp3) is 0.500. The Balaban J connectivity index is 1.51. The monoisotopic (exact) mass is 452 g/mol. The minimum absolute atomic E-state index is 0.321. The second-order valence-corrected chi connectivity index (χ2v) is 9.80. The van der Waals surface area contributed by atoms with E-state index in [1.54, 1.807) is 24.6 Å². The Kier molecular flexibility index (Phi) is 5.42. The van der Waals surface area contributed by atoms with E-state index in [2.05, 4.69) is 39.2 Å². The summed E-state index contributed by atoms with van der Waals surface area (Å²) in [6.07, 6.45) is 6.57. The molecule has 0 bridgehead atoms. The highest BCUT2D eigenvalue weighted by Crippen LogP contribution is 2.48. The summed E-state index contributed by atoms with van der Waals surface area (Å²) in [5.74, 6) is 1.77. The Morgan fingerprint density at radius 2 is 2.28 bits per heavy atom. The standard InChI is InChI=1S/C22H28N8OS/c1-13-11-25-9-10-30(13)21-26-8-6-15(27-21)19-28-20(31-29-19)22(2)7-4-5-16-17(22)14(12-24-3)18(23)32-16/h6,8,12-13,25H,4-5,7,9-11,23H2,1-3H3/b24-12-/t13-,22-/m0/s1. The minimum Gasteiger partial charge on any atom is -0.390 e. The molecule has 10 heteroatoms. The molecule has 0 radical (unpaired) electrons. The Labute approximate surface area is 191 Å². The van der Waals surface area contributed by atoms with Gasteiger partial charge in [0, 0.05) is 55.6 Å². The molecule has 0 spiro atoms. The number of aryl methyl sites for hydroxylation is 1. The molecular weight excluding hydrogens is 424 g/mol. The second-order valence-electron chi connectivity index (χ2n) is 8.66. The lowest BCUT2D eigenvalue weighted by atomic mass is 9.72. The van der Waals surface area contributed by atoms with Gasteiger partial charge >= 0.3 is 0 Å². The van der Waals surface area contributed by atoms with Gasteiger partial charge in [0.05, 0.1) is 10.4 Å². The Morgan fingerprint density at radius 1 is 1.41 bits per heavy atom. The van der Waals surface area contributed by atoms with Crippen LogP contribution in [0.1, 0.15) is 48.6 Å². The Hall–Kier alpha value is -2.85. The number of aromatic nitrogens is 4. The van der Waals surface area contributed by atoms with Crippen LogP contribution in [0, 0.1) is 0 Å². The summed E-state index contributed by atoms with van der Waals surface area (Å²) in [5, 5.41) is 8.48. The first-order valence-electron chi connectivity index (χ1n) is 11.0. The van der Waals surface area contributed by atoms with E-state index in [0.717, 1.165) is 49.5 Å². The lowest BCUT2D eigenvalue weighted by Crippen LogP contribution is -2.50. The Bertz CT molecular complexity index is 1150. The van der Waals surface area contributed by atoms with Crippen molar-refractivity contribution in [2.24, 2.45) is 4.99 Å². The molecule has 0 aromatic carbocycles. The molecule has 1 aliphatic heterocycles. The quantitative estimate of drug-likeness (QED) is 0.580. The van der Waals surface area contributed by atoms with Crippen molar-refractivity contribution in [1.82, 2.24) is 25.4 Å². The molecule has 0 saturated carbocycles. The number of fused-ring (bicyclic) bond motifs is 1. The van der Waals surface area contributed by atoms with Crippen LogP contribution in [-0.4, -0.2) is 59.0 Å². The van der Waals surface area contributed by atoms with E-state index >= 15 is 0 Å². The predicted octanol–water partition coefficient (Wildman–Crippen LogP) is 2.66. The number of nitrogens with zero attached hydrogens (tertiary/aromatic N) is 6. The number of nitrogens with two attached hydrogens (primary N) is 1. The zero-order valence-corrected chi connectivity index (χ0v) is 19.4. The van der Waals surface area contributed by atoms with Crippen molar-refractivity contribution in [1.29, 1.82) is 0 Å². The largest absolute Gasteiger partial charge is 0.390 e. The van der Waals surface area contributed by atoms with E-state index in [0.29, 0.717) is 29.4 Å². The number of nitrogen functional groups attached to an aromatic ring is 1. The molecule has 9 nitrogen and oxygen atoms in total. The van der Waals surface area contributed by atoms with E-state index in [1.807, 2.05) is 12.3 Å². The average molecular weight is 453 g/mol. The summed E-state index contributed by atoms with van der Waals surface area (Å²) in [5.41, 5.74) is 8.74. The van der Waals surface area contributed by atoms with Crippen LogP contribution in [0.5, 0.6) is 0 Å². The number of hydrogen-bond acceptors (Lipinski definition) is 10. The second kappa shape index (κ2) is 8.25. The van der Waals surface area contributed by atoms with E-state index < -0.39 is 5.41 Å². The van der Waals surface area contributed by atoms with Crippen LogP contribution < -0.4 is 16.0 Å². The first-order valence-corrected chi connectivity index (χ1v) is 11.8. The maximum absolute atomic E-state index is 6.34. The van der Waals surface area contributed by atoms with Crippen LogP contribution in [-0.2, 0) is 11.8 Å². The maximum atomic E-state index is 6.34. The molecule has 5 rings (SSSR count). The van der Waals surface area contributed by atoms with Gasteiger partial charge in [-0.1, -0.05) is 5.16 Å². The van der Waals surface area contributed by atoms with Gasteiger partial charge in [0.2, 0.25) is 17.7 Å². The van der Waals surface area contributed by atoms with Crippen molar-refractivity contribution in [3.63, 3.8) is 0 Å². The van der Waals surface area contributed by atoms with Gasteiger partial charge in [0.1, 0.15) is 5.69 Å². The highest BCUT2D eigenvalue weighted by molar-refractivity contribution is 7.16. The van der Waals surface area contributed by atoms with E-state index in [4.69, 9.17) is 20.2 Å². The third kappa shape index (κ3) is 3.47. The number of anilines is 2. The van der Waals surface area contributed by atoms with Gasteiger partial charge in [-0.3, -0.25) is 4.99 Å². The number of nitrogens with one attached hydrogen (secondary N) is 1. The van der Waals surface area contributed by atoms with Crippen LogP contribution in [0.4, 0.5) is 10.9 Å². The summed E-state index contributed by atoms with van der Waals surface area (Å²) in [4.78, 5) is 21.8. The number of rotatable bonds is 4. The first-order chi connectivity index (χ1) is 15.5. The van der Waals surface area contributed by atoms with Gasteiger partial charge in [-0.15, -0.1) is 11.3 Å². The van der Waals surface area contributed by atoms with Gasteiger partial charge in [-0.25, -0.2) is 9.97 Å². The topological polar surface area (TPSA) is 118 Å². The van der Waals surface area contributed by atoms with Gasteiger partial charge in [-0.05, 0) is 44.7 Å². The fourth-order valence-corrected chi connectivity index (χ4v) is 6.01. The summed E-state index contributed by atoms with van der Waals surface area (Å²) in [6, 6.07) is 2.15. The van der Waals surface area contributed by atoms with Crippen LogP contribution in [0.15, 0.2) is 21.8 Å². The molecule has 3 N–H and O–H groups in total. The number of aliphatic imine (C=N–C) groups is 1. The van der Waals surface area contributed by atoms with Crippen molar-refractivity contribution in [3.8, 4) is 11.5 Å². The van der Waals surface area contributed by atoms with E-state index in [9.17, 15) is 0 Å². The zero-order chi connectivity index (χ0) is 22.3. The molecule has 4 heterocycles. The third-order valence-corrected chi connectivity index (χ3v) is 7.56. The summed E-state index contributed by atoms with van der Waals surface area (Å²) in [6.45, 7) is 7.02. The maximum Gasteiger partial charge on any atom is 0.237 e. The molecule has 3 aromatic rings. The molecule has 32 heavy (non-hydrogen) atoms. The van der Waals surface area contributed by atoms with Crippen LogP contribution in [0.3, 0.4) is 0 Å². The summed E-state index contributed by atoms with van der Waals surface area (Å²) in [7, 11) is 1.76. The molecule has 2 atom stereocenters. The predicted molar refractivity (Wildman–Crippen MR) is 127 cm³/mol. The summed E-state index contributed by atoms with van der Waals surface area (Å²) < 4.78 is 5.84. The SMILES string of the molecule is C/N=C\c1c(N)sc2c1[C@@](C)(c1nc(-c3ccnc(N4CCNC[C@@H]4C)n3)no1)CCC2. The highest BCUT2D eigenvalue weighted by atomic mass is 32.1. The molecule has 1 saturated heterocycles. The highest BCUT2D eigenvalue weighted by Gasteiger charge is 2.42.